The molecule has 30 heavy (non-hydrogen) atoms. The first-order valence-corrected chi connectivity index (χ1v) is 9.87. The number of alkyl halides is 3. The van der Waals surface area contributed by atoms with Crippen LogP contribution in [-0.4, -0.2) is 31.6 Å². The molecule has 0 spiro atoms. The van der Waals surface area contributed by atoms with E-state index >= 15 is 0 Å². The van der Waals surface area contributed by atoms with Crippen LogP contribution in [0.1, 0.15) is 48.6 Å². The minimum atomic E-state index is -4.46. The normalized spacial score (nSPS) is 16.4. The Kier molecular flexibility index (Phi) is 6.29. The van der Waals surface area contributed by atoms with Gasteiger partial charge in [-0.05, 0) is 53.3 Å². The quantitative estimate of drug-likeness (QED) is 0.663. The number of nitrogens with zero attached hydrogens (tertiary/aromatic N) is 1. The summed E-state index contributed by atoms with van der Waals surface area (Å²) in [6, 6.07) is 8.20. The van der Waals surface area contributed by atoms with Crippen molar-refractivity contribution in [1.29, 1.82) is 0 Å². The molecule has 0 N–H and O–H groups in total. The van der Waals surface area contributed by atoms with E-state index in [1.54, 1.807) is 17.0 Å². The smallest absolute Gasteiger partial charge is 0.416 e. The maximum Gasteiger partial charge on any atom is 0.416 e. The SMILES string of the molecule is COc1cc2c(cc1OC)C(c1cccc(C(F)(F)F)c1)N(C(=O)CC(C)C)CC2. The molecule has 0 fully saturated rings. The number of ether oxygens (including phenoxy) is 2. The van der Waals surface area contributed by atoms with Crippen molar-refractivity contribution >= 4 is 5.91 Å². The maximum atomic E-state index is 13.4. The fraction of sp³-hybridized carbons (Fsp3) is 0.435. The molecule has 1 heterocycles. The second-order valence-electron chi connectivity index (χ2n) is 7.87. The summed E-state index contributed by atoms with van der Waals surface area (Å²) in [7, 11) is 3.05. The van der Waals surface area contributed by atoms with E-state index in [0.717, 1.165) is 23.3 Å². The van der Waals surface area contributed by atoms with Gasteiger partial charge < -0.3 is 14.4 Å². The predicted octanol–water partition coefficient (Wildman–Crippen LogP) is 5.24. The highest BCUT2D eigenvalue weighted by molar-refractivity contribution is 5.78. The van der Waals surface area contributed by atoms with E-state index in [-0.39, 0.29) is 11.8 Å². The second kappa shape index (κ2) is 8.58. The Balaban J connectivity index is 2.17. The van der Waals surface area contributed by atoms with Crippen LogP contribution in [0.3, 0.4) is 0 Å². The van der Waals surface area contributed by atoms with Gasteiger partial charge in [0.1, 0.15) is 0 Å². The van der Waals surface area contributed by atoms with E-state index in [2.05, 4.69) is 0 Å². The summed E-state index contributed by atoms with van der Waals surface area (Å²) >= 11 is 0. The molecule has 4 nitrogen and oxygen atoms in total. The maximum absolute atomic E-state index is 13.4. The third-order valence-corrected chi connectivity index (χ3v) is 5.31. The first kappa shape index (κ1) is 22.0. The highest BCUT2D eigenvalue weighted by Crippen LogP contribution is 2.42. The summed E-state index contributed by atoms with van der Waals surface area (Å²) in [5.41, 5.74) is 1.39. The number of fused-ring (bicyclic) bond motifs is 1. The van der Waals surface area contributed by atoms with E-state index in [0.29, 0.717) is 36.4 Å². The van der Waals surface area contributed by atoms with Gasteiger partial charge in [-0.25, -0.2) is 0 Å². The Hall–Kier alpha value is -2.70. The zero-order valence-electron chi connectivity index (χ0n) is 17.5. The second-order valence-corrected chi connectivity index (χ2v) is 7.87. The molecule has 1 atom stereocenters. The summed E-state index contributed by atoms with van der Waals surface area (Å²) in [4.78, 5) is 14.7. The zero-order chi connectivity index (χ0) is 22.1. The third kappa shape index (κ3) is 4.40. The van der Waals surface area contributed by atoms with E-state index in [4.69, 9.17) is 9.47 Å². The van der Waals surface area contributed by atoms with Gasteiger partial charge in [-0.1, -0.05) is 26.0 Å². The average molecular weight is 421 g/mol. The summed E-state index contributed by atoms with van der Waals surface area (Å²) in [6.45, 7) is 4.32. The number of halogens is 3. The molecule has 0 saturated heterocycles. The van der Waals surface area contributed by atoms with Crippen LogP contribution >= 0.6 is 0 Å². The molecule has 2 aromatic rings. The Labute approximate surface area is 174 Å². The van der Waals surface area contributed by atoms with E-state index in [9.17, 15) is 18.0 Å². The van der Waals surface area contributed by atoms with E-state index in [1.807, 2.05) is 19.9 Å². The molecule has 3 rings (SSSR count). The van der Waals surface area contributed by atoms with Crippen LogP contribution in [0.15, 0.2) is 36.4 Å². The minimum Gasteiger partial charge on any atom is -0.493 e. The lowest BCUT2D eigenvalue weighted by atomic mass is 9.86. The molecule has 0 aliphatic carbocycles. The molecular weight excluding hydrogens is 395 g/mol. The Morgan fingerprint density at radius 1 is 1.13 bits per heavy atom. The molecule has 0 saturated carbocycles. The molecule has 0 radical (unpaired) electrons. The van der Waals surface area contributed by atoms with Gasteiger partial charge in [-0.2, -0.15) is 13.2 Å². The average Bonchev–Trinajstić information content (AvgIpc) is 2.70. The molecule has 162 valence electrons. The molecule has 0 bridgehead atoms. The number of hydrogen-bond donors (Lipinski definition) is 0. The zero-order valence-corrected chi connectivity index (χ0v) is 17.5. The summed E-state index contributed by atoms with van der Waals surface area (Å²) in [6.07, 6.45) is -3.54. The highest BCUT2D eigenvalue weighted by Gasteiger charge is 2.36. The van der Waals surface area contributed by atoms with Gasteiger partial charge in [-0.3, -0.25) is 4.79 Å². The van der Waals surface area contributed by atoms with Crippen LogP contribution in [0.5, 0.6) is 11.5 Å². The molecule has 7 heteroatoms. The molecule has 1 amide bonds. The number of carbonyl (C=O) groups is 1. The topological polar surface area (TPSA) is 38.8 Å². The van der Waals surface area contributed by atoms with Gasteiger partial charge in [0.2, 0.25) is 5.91 Å². The van der Waals surface area contributed by atoms with Gasteiger partial charge >= 0.3 is 6.18 Å². The number of rotatable bonds is 5. The standard InChI is InChI=1S/C23H26F3NO3/c1-14(2)10-21(28)27-9-8-15-12-19(29-3)20(30-4)13-18(15)22(27)16-6-5-7-17(11-16)23(24,25)26/h5-7,11-14,22H,8-10H2,1-4H3. The van der Waals surface area contributed by atoms with Crippen molar-refractivity contribution in [3.8, 4) is 11.5 Å². The molecule has 1 aliphatic rings. The largest absolute Gasteiger partial charge is 0.493 e. The molecule has 2 aromatic carbocycles. The van der Waals surface area contributed by atoms with Crippen molar-refractivity contribution in [3.05, 3.63) is 58.7 Å². The summed E-state index contributed by atoms with van der Waals surface area (Å²) in [5, 5.41) is 0. The lowest BCUT2D eigenvalue weighted by Crippen LogP contribution is -2.41. The molecule has 1 aliphatic heterocycles. The Morgan fingerprint density at radius 3 is 2.40 bits per heavy atom. The number of carbonyl (C=O) groups excluding carboxylic acids is 1. The van der Waals surface area contributed by atoms with Crippen molar-refractivity contribution in [2.75, 3.05) is 20.8 Å². The monoisotopic (exact) mass is 421 g/mol. The number of methoxy groups -OCH3 is 2. The van der Waals surface area contributed by atoms with Crippen LogP contribution < -0.4 is 9.47 Å². The minimum absolute atomic E-state index is 0.0761. The third-order valence-electron chi connectivity index (χ3n) is 5.31. The van der Waals surface area contributed by atoms with E-state index in [1.165, 1.54) is 20.3 Å². The van der Waals surface area contributed by atoms with Gasteiger partial charge in [-0.15, -0.1) is 0 Å². The first-order valence-electron chi connectivity index (χ1n) is 9.87. The first-order chi connectivity index (χ1) is 14.2. The highest BCUT2D eigenvalue weighted by atomic mass is 19.4. The number of amides is 1. The summed E-state index contributed by atoms with van der Waals surface area (Å²) < 4.78 is 50.9. The van der Waals surface area contributed by atoms with Gasteiger partial charge in [0.25, 0.3) is 0 Å². The number of hydrogen-bond acceptors (Lipinski definition) is 3. The van der Waals surface area contributed by atoms with Crippen LogP contribution in [0, 0.1) is 5.92 Å². The predicted molar refractivity (Wildman–Crippen MR) is 108 cm³/mol. The van der Waals surface area contributed by atoms with Crippen LogP contribution in [0.25, 0.3) is 0 Å². The van der Waals surface area contributed by atoms with Crippen molar-refractivity contribution in [1.82, 2.24) is 4.90 Å². The fourth-order valence-corrected chi connectivity index (χ4v) is 3.93. The molecular formula is C23H26F3NO3. The van der Waals surface area contributed by atoms with E-state index < -0.39 is 17.8 Å². The fourth-order valence-electron chi connectivity index (χ4n) is 3.93. The Bertz CT molecular complexity index is 924. The van der Waals surface area contributed by atoms with Gasteiger partial charge in [0, 0.05) is 13.0 Å². The van der Waals surface area contributed by atoms with Crippen molar-refractivity contribution in [3.63, 3.8) is 0 Å². The van der Waals surface area contributed by atoms with Crippen LogP contribution in [-0.2, 0) is 17.4 Å². The van der Waals surface area contributed by atoms with Crippen molar-refractivity contribution in [2.24, 2.45) is 5.92 Å². The molecule has 1 unspecified atom stereocenters. The van der Waals surface area contributed by atoms with Gasteiger partial charge in [0.05, 0.1) is 25.8 Å². The van der Waals surface area contributed by atoms with Crippen LogP contribution in [0.4, 0.5) is 13.2 Å². The lowest BCUT2D eigenvalue weighted by molar-refractivity contribution is -0.137. The van der Waals surface area contributed by atoms with Crippen molar-refractivity contribution < 1.29 is 27.4 Å². The Morgan fingerprint density at radius 2 is 1.80 bits per heavy atom. The molecule has 0 aromatic heterocycles. The van der Waals surface area contributed by atoms with Gasteiger partial charge in [0.15, 0.2) is 11.5 Å². The van der Waals surface area contributed by atoms with Crippen molar-refractivity contribution in [2.45, 2.75) is 38.9 Å². The summed E-state index contributed by atoms with van der Waals surface area (Å²) in [5.74, 6) is 1.10. The van der Waals surface area contributed by atoms with Crippen LogP contribution in [0.2, 0.25) is 0 Å². The lowest BCUT2D eigenvalue weighted by Gasteiger charge is -2.38. The number of benzene rings is 2.